The van der Waals surface area contributed by atoms with E-state index < -0.39 is 0 Å². The number of halogens is 1. The van der Waals surface area contributed by atoms with Crippen molar-refractivity contribution in [2.75, 3.05) is 37.6 Å². The molecule has 1 fully saturated rings. The van der Waals surface area contributed by atoms with Crippen LogP contribution in [0.5, 0.6) is 0 Å². The molecular formula is C14H21ClN4O. The summed E-state index contributed by atoms with van der Waals surface area (Å²) in [5.41, 5.74) is 0. The minimum atomic E-state index is 0.0873. The topological polar surface area (TPSA) is 48.5 Å². The van der Waals surface area contributed by atoms with Gasteiger partial charge in [0.2, 0.25) is 5.91 Å². The van der Waals surface area contributed by atoms with E-state index in [0.717, 1.165) is 32.0 Å². The zero-order chi connectivity index (χ0) is 14.5. The first-order valence-electron chi connectivity index (χ1n) is 6.93. The number of piperazine rings is 1. The average Bonchev–Trinajstić information content (AvgIpc) is 2.39. The van der Waals surface area contributed by atoms with Crippen molar-refractivity contribution in [1.82, 2.24) is 15.2 Å². The number of nitrogens with one attached hydrogen (secondary N) is 1. The Labute approximate surface area is 124 Å². The summed E-state index contributed by atoms with van der Waals surface area (Å²) in [4.78, 5) is 20.4. The number of amides is 1. The number of carbonyl (C=O) groups is 1. The van der Waals surface area contributed by atoms with Gasteiger partial charge in [-0.2, -0.15) is 0 Å². The van der Waals surface area contributed by atoms with Crippen molar-refractivity contribution in [2.45, 2.75) is 19.9 Å². The Morgan fingerprint density at radius 2 is 2.10 bits per heavy atom. The third kappa shape index (κ3) is 4.08. The van der Waals surface area contributed by atoms with Crippen LogP contribution in [0.3, 0.4) is 0 Å². The van der Waals surface area contributed by atoms with Crippen LogP contribution < -0.4 is 10.2 Å². The maximum atomic E-state index is 11.7. The van der Waals surface area contributed by atoms with Gasteiger partial charge >= 0.3 is 0 Å². The lowest BCUT2D eigenvalue weighted by Gasteiger charge is -2.35. The first-order chi connectivity index (χ1) is 9.56. The molecule has 0 unspecified atom stereocenters. The molecule has 1 aliphatic rings. The molecule has 1 N–H and O–H groups in total. The first-order valence-corrected chi connectivity index (χ1v) is 7.31. The molecule has 0 saturated carbocycles. The monoisotopic (exact) mass is 296 g/mol. The number of nitrogens with zero attached hydrogens (tertiary/aromatic N) is 3. The van der Waals surface area contributed by atoms with Gasteiger partial charge in [0.1, 0.15) is 5.82 Å². The molecule has 0 radical (unpaired) electrons. The molecule has 0 bridgehead atoms. The van der Waals surface area contributed by atoms with Crippen LogP contribution in [-0.2, 0) is 4.79 Å². The summed E-state index contributed by atoms with van der Waals surface area (Å²) in [6.45, 7) is 7.77. The van der Waals surface area contributed by atoms with Gasteiger partial charge in [-0.15, -0.1) is 0 Å². The average molecular weight is 297 g/mol. The van der Waals surface area contributed by atoms with Crippen molar-refractivity contribution in [2.24, 2.45) is 0 Å². The predicted molar refractivity (Wildman–Crippen MR) is 81.2 cm³/mol. The molecule has 20 heavy (non-hydrogen) atoms. The zero-order valence-corrected chi connectivity index (χ0v) is 12.7. The lowest BCUT2D eigenvalue weighted by molar-refractivity contribution is -0.122. The fourth-order valence-electron chi connectivity index (χ4n) is 2.30. The van der Waals surface area contributed by atoms with E-state index in [1.807, 2.05) is 26.0 Å². The second kappa shape index (κ2) is 6.90. The van der Waals surface area contributed by atoms with Crippen LogP contribution in [0.2, 0.25) is 5.02 Å². The van der Waals surface area contributed by atoms with Crippen LogP contribution in [0, 0.1) is 0 Å². The molecule has 0 aliphatic carbocycles. The van der Waals surface area contributed by atoms with Gasteiger partial charge in [0.25, 0.3) is 0 Å². The Balaban J connectivity index is 1.84. The standard InChI is InChI=1S/C14H21ClN4O/c1-11(2)17-13(20)10-18-6-8-19(9-7-18)14-12(15)4-3-5-16-14/h3-5,11H,6-10H2,1-2H3,(H,17,20). The maximum absolute atomic E-state index is 11.7. The van der Waals surface area contributed by atoms with Crippen molar-refractivity contribution in [3.63, 3.8) is 0 Å². The minimum Gasteiger partial charge on any atom is -0.353 e. The minimum absolute atomic E-state index is 0.0873. The third-order valence-corrected chi connectivity index (χ3v) is 3.52. The van der Waals surface area contributed by atoms with Gasteiger partial charge in [-0.1, -0.05) is 11.6 Å². The maximum Gasteiger partial charge on any atom is 0.234 e. The molecule has 6 heteroatoms. The van der Waals surface area contributed by atoms with Crippen molar-refractivity contribution in [3.8, 4) is 0 Å². The summed E-state index contributed by atoms with van der Waals surface area (Å²) < 4.78 is 0. The van der Waals surface area contributed by atoms with Crippen LogP contribution in [0.4, 0.5) is 5.82 Å². The van der Waals surface area contributed by atoms with E-state index in [2.05, 4.69) is 20.1 Å². The summed E-state index contributed by atoms with van der Waals surface area (Å²) in [5.74, 6) is 0.921. The number of anilines is 1. The van der Waals surface area contributed by atoms with Gasteiger partial charge in [-0.3, -0.25) is 9.69 Å². The molecule has 2 rings (SSSR count). The fourth-order valence-corrected chi connectivity index (χ4v) is 2.54. The van der Waals surface area contributed by atoms with E-state index in [4.69, 9.17) is 11.6 Å². The third-order valence-electron chi connectivity index (χ3n) is 3.23. The van der Waals surface area contributed by atoms with Crippen LogP contribution in [-0.4, -0.2) is 54.6 Å². The Morgan fingerprint density at radius 3 is 2.70 bits per heavy atom. The molecule has 0 aromatic carbocycles. The van der Waals surface area contributed by atoms with Gasteiger partial charge in [-0.25, -0.2) is 4.98 Å². The highest BCUT2D eigenvalue weighted by atomic mass is 35.5. The van der Waals surface area contributed by atoms with Crippen molar-refractivity contribution in [3.05, 3.63) is 23.4 Å². The molecule has 1 aromatic rings. The zero-order valence-electron chi connectivity index (χ0n) is 12.0. The molecule has 1 amide bonds. The lowest BCUT2D eigenvalue weighted by Crippen LogP contribution is -2.50. The van der Waals surface area contributed by atoms with E-state index in [9.17, 15) is 4.79 Å². The Morgan fingerprint density at radius 1 is 1.40 bits per heavy atom. The van der Waals surface area contributed by atoms with E-state index >= 15 is 0 Å². The second-order valence-corrected chi connectivity index (χ2v) is 5.70. The quantitative estimate of drug-likeness (QED) is 0.912. The van der Waals surface area contributed by atoms with Crippen LogP contribution >= 0.6 is 11.6 Å². The highest BCUT2D eigenvalue weighted by molar-refractivity contribution is 6.32. The van der Waals surface area contributed by atoms with Crippen molar-refractivity contribution >= 4 is 23.3 Å². The van der Waals surface area contributed by atoms with E-state index in [0.29, 0.717) is 11.6 Å². The second-order valence-electron chi connectivity index (χ2n) is 5.29. The molecule has 2 heterocycles. The van der Waals surface area contributed by atoms with Gasteiger partial charge in [0.15, 0.2) is 0 Å². The normalized spacial score (nSPS) is 16.5. The van der Waals surface area contributed by atoms with Gasteiger partial charge in [-0.05, 0) is 26.0 Å². The van der Waals surface area contributed by atoms with Crippen LogP contribution in [0.15, 0.2) is 18.3 Å². The number of carbonyl (C=O) groups excluding carboxylic acids is 1. The number of hydrogen-bond acceptors (Lipinski definition) is 4. The first kappa shape index (κ1) is 15.1. The Hall–Kier alpha value is -1.33. The molecule has 0 atom stereocenters. The van der Waals surface area contributed by atoms with Gasteiger partial charge in [0, 0.05) is 38.4 Å². The summed E-state index contributed by atoms with van der Waals surface area (Å²) >= 11 is 6.15. The summed E-state index contributed by atoms with van der Waals surface area (Å²) in [6.07, 6.45) is 1.75. The summed E-state index contributed by atoms with van der Waals surface area (Å²) in [5, 5.41) is 3.59. The molecule has 1 aromatic heterocycles. The van der Waals surface area contributed by atoms with Crippen LogP contribution in [0.1, 0.15) is 13.8 Å². The van der Waals surface area contributed by atoms with Gasteiger partial charge < -0.3 is 10.2 Å². The SMILES string of the molecule is CC(C)NC(=O)CN1CCN(c2ncccc2Cl)CC1. The molecular weight excluding hydrogens is 276 g/mol. The Bertz CT molecular complexity index is 458. The molecule has 0 spiro atoms. The van der Waals surface area contributed by atoms with Gasteiger partial charge in [0.05, 0.1) is 11.6 Å². The largest absolute Gasteiger partial charge is 0.353 e. The Kier molecular flexibility index (Phi) is 5.20. The van der Waals surface area contributed by atoms with E-state index in [1.165, 1.54) is 0 Å². The molecule has 5 nitrogen and oxygen atoms in total. The van der Waals surface area contributed by atoms with E-state index in [1.54, 1.807) is 6.20 Å². The van der Waals surface area contributed by atoms with Crippen LogP contribution in [0.25, 0.3) is 0 Å². The summed E-state index contributed by atoms with van der Waals surface area (Å²) in [6, 6.07) is 3.88. The number of pyridine rings is 1. The molecule has 1 aliphatic heterocycles. The van der Waals surface area contributed by atoms with Crippen molar-refractivity contribution in [1.29, 1.82) is 0 Å². The number of hydrogen-bond donors (Lipinski definition) is 1. The molecule has 110 valence electrons. The predicted octanol–water partition coefficient (Wildman–Crippen LogP) is 1.38. The number of rotatable bonds is 4. The number of aromatic nitrogens is 1. The smallest absolute Gasteiger partial charge is 0.234 e. The summed E-state index contributed by atoms with van der Waals surface area (Å²) in [7, 11) is 0. The highest BCUT2D eigenvalue weighted by Crippen LogP contribution is 2.23. The fraction of sp³-hybridized carbons (Fsp3) is 0.571. The highest BCUT2D eigenvalue weighted by Gasteiger charge is 2.21. The van der Waals surface area contributed by atoms with E-state index in [-0.39, 0.29) is 11.9 Å². The van der Waals surface area contributed by atoms with Crippen molar-refractivity contribution < 1.29 is 4.79 Å². The molecule has 1 saturated heterocycles. The lowest BCUT2D eigenvalue weighted by atomic mass is 10.3.